The summed E-state index contributed by atoms with van der Waals surface area (Å²) in [6.45, 7) is 1.41. The summed E-state index contributed by atoms with van der Waals surface area (Å²) >= 11 is 1.05. The number of anilines is 1. The lowest BCUT2D eigenvalue weighted by molar-refractivity contribution is -0.118. The van der Waals surface area contributed by atoms with Crippen LogP contribution in [0.5, 0.6) is 0 Å². The number of ether oxygens (including phenoxy) is 1. The number of hydrogen-bond acceptors (Lipinski definition) is 7. The van der Waals surface area contributed by atoms with Crippen molar-refractivity contribution in [3.63, 3.8) is 0 Å². The standard InChI is InChI=1S/C16H14FN5O4S/c1-2-26-16(25)14-19-12(7-22(14)6-11(18)23)20-15(24)13-9-5-8(17)3-4-10(9)27-21-13/h3-5,7H,2,6H2,1H3,(H2,18,23)(H,20,24). The smallest absolute Gasteiger partial charge is 0.374 e. The molecular formula is C16H14FN5O4S. The van der Waals surface area contributed by atoms with Gasteiger partial charge in [-0.1, -0.05) is 0 Å². The van der Waals surface area contributed by atoms with Gasteiger partial charge < -0.3 is 20.4 Å². The van der Waals surface area contributed by atoms with E-state index in [-0.39, 0.29) is 30.5 Å². The van der Waals surface area contributed by atoms with E-state index < -0.39 is 23.6 Å². The molecule has 27 heavy (non-hydrogen) atoms. The van der Waals surface area contributed by atoms with E-state index in [1.165, 1.54) is 29.0 Å². The zero-order chi connectivity index (χ0) is 19.6. The van der Waals surface area contributed by atoms with Gasteiger partial charge in [0, 0.05) is 11.6 Å². The van der Waals surface area contributed by atoms with Gasteiger partial charge in [-0.2, -0.15) is 4.37 Å². The quantitative estimate of drug-likeness (QED) is 0.613. The zero-order valence-electron chi connectivity index (χ0n) is 14.1. The molecule has 0 atom stereocenters. The number of benzene rings is 1. The van der Waals surface area contributed by atoms with Crippen molar-refractivity contribution in [1.29, 1.82) is 0 Å². The van der Waals surface area contributed by atoms with E-state index in [0.29, 0.717) is 10.1 Å². The van der Waals surface area contributed by atoms with Crippen molar-refractivity contribution in [2.45, 2.75) is 13.5 Å². The van der Waals surface area contributed by atoms with Gasteiger partial charge in [0.05, 0.1) is 11.3 Å². The third-order valence-corrected chi connectivity index (χ3v) is 4.28. The van der Waals surface area contributed by atoms with Crippen molar-refractivity contribution in [2.24, 2.45) is 5.73 Å². The lowest BCUT2D eigenvalue weighted by Crippen LogP contribution is -2.22. The maximum absolute atomic E-state index is 13.5. The van der Waals surface area contributed by atoms with Crippen LogP contribution in [0.15, 0.2) is 24.4 Å². The van der Waals surface area contributed by atoms with Crippen LogP contribution in [0.1, 0.15) is 28.0 Å². The van der Waals surface area contributed by atoms with Crippen LogP contribution >= 0.6 is 11.5 Å². The van der Waals surface area contributed by atoms with E-state index in [2.05, 4.69) is 14.7 Å². The normalized spacial score (nSPS) is 10.7. The number of amides is 2. The van der Waals surface area contributed by atoms with E-state index in [9.17, 15) is 18.8 Å². The van der Waals surface area contributed by atoms with Crippen molar-refractivity contribution >= 4 is 45.2 Å². The van der Waals surface area contributed by atoms with Gasteiger partial charge >= 0.3 is 5.97 Å². The number of carbonyl (C=O) groups excluding carboxylic acids is 3. The molecule has 11 heteroatoms. The van der Waals surface area contributed by atoms with Crippen LogP contribution in [-0.4, -0.2) is 38.3 Å². The first-order valence-corrected chi connectivity index (χ1v) is 8.55. The minimum Gasteiger partial charge on any atom is -0.460 e. The first-order chi connectivity index (χ1) is 12.9. The molecule has 2 heterocycles. The van der Waals surface area contributed by atoms with Gasteiger partial charge in [-0.05, 0) is 36.7 Å². The monoisotopic (exact) mass is 391 g/mol. The van der Waals surface area contributed by atoms with Crippen molar-refractivity contribution in [3.8, 4) is 0 Å². The van der Waals surface area contributed by atoms with Gasteiger partial charge in [0.2, 0.25) is 11.7 Å². The van der Waals surface area contributed by atoms with Crippen LogP contribution in [0.25, 0.3) is 10.1 Å². The van der Waals surface area contributed by atoms with Crippen molar-refractivity contribution in [2.75, 3.05) is 11.9 Å². The first kappa shape index (κ1) is 18.5. The van der Waals surface area contributed by atoms with Gasteiger partial charge in [0.25, 0.3) is 5.91 Å². The molecule has 0 spiro atoms. The lowest BCUT2D eigenvalue weighted by atomic mass is 10.2. The molecule has 0 radical (unpaired) electrons. The Balaban J connectivity index is 1.89. The van der Waals surface area contributed by atoms with Crippen LogP contribution in [0, 0.1) is 5.82 Å². The molecule has 3 rings (SSSR count). The molecule has 2 aromatic heterocycles. The third kappa shape index (κ3) is 3.92. The molecule has 0 saturated carbocycles. The minimum atomic E-state index is -0.763. The Bertz CT molecular complexity index is 1040. The molecule has 0 unspecified atom stereocenters. The molecule has 3 N–H and O–H groups in total. The highest BCUT2D eigenvalue weighted by atomic mass is 32.1. The highest BCUT2D eigenvalue weighted by molar-refractivity contribution is 7.13. The van der Waals surface area contributed by atoms with Crippen LogP contribution in [0.2, 0.25) is 0 Å². The summed E-state index contributed by atoms with van der Waals surface area (Å²) in [5.41, 5.74) is 5.19. The Kier molecular flexibility index (Phi) is 5.12. The molecule has 0 saturated heterocycles. The van der Waals surface area contributed by atoms with Gasteiger partial charge in [0.1, 0.15) is 18.1 Å². The number of primary amides is 1. The number of nitrogens with two attached hydrogens (primary N) is 1. The number of imidazole rings is 1. The van der Waals surface area contributed by atoms with Crippen LogP contribution < -0.4 is 11.1 Å². The molecule has 0 aliphatic heterocycles. The van der Waals surface area contributed by atoms with Crippen molar-refractivity contribution in [1.82, 2.24) is 13.9 Å². The summed E-state index contributed by atoms with van der Waals surface area (Å²) in [5, 5.41) is 2.84. The SMILES string of the molecule is CCOC(=O)c1nc(NC(=O)c2nsc3ccc(F)cc23)cn1CC(N)=O. The van der Waals surface area contributed by atoms with Crippen LogP contribution in [-0.2, 0) is 16.1 Å². The molecule has 0 bridgehead atoms. The van der Waals surface area contributed by atoms with E-state index in [4.69, 9.17) is 10.5 Å². The zero-order valence-corrected chi connectivity index (χ0v) is 14.9. The molecule has 9 nitrogen and oxygen atoms in total. The maximum Gasteiger partial charge on any atom is 0.374 e. The topological polar surface area (TPSA) is 129 Å². The van der Waals surface area contributed by atoms with Gasteiger partial charge in [-0.15, -0.1) is 0 Å². The van der Waals surface area contributed by atoms with E-state index >= 15 is 0 Å². The third-order valence-electron chi connectivity index (χ3n) is 3.45. The molecule has 140 valence electrons. The second kappa shape index (κ2) is 7.50. The average Bonchev–Trinajstić information content (AvgIpc) is 3.18. The fraction of sp³-hybridized carbons (Fsp3) is 0.188. The molecule has 0 aliphatic rings. The number of rotatable bonds is 6. The van der Waals surface area contributed by atoms with Crippen molar-refractivity contribution < 1.29 is 23.5 Å². The number of carbonyl (C=O) groups is 3. The Morgan fingerprint density at radius 2 is 2.15 bits per heavy atom. The van der Waals surface area contributed by atoms with Gasteiger partial charge in [-0.25, -0.2) is 14.2 Å². The first-order valence-electron chi connectivity index (χ1n) is 7.78. The Morgan fingerprint density at radius 1 is 1.37 bits per heavy atom. The van der Waals surface area contributed by atoms with Crippen molar-refractivity contribution in [3.05, 3.63) is 41.7 Å². The molecule has 0 fully saturated rings. The summed E-state index contributed by atoms with van der Waals surface area (Å²) < 4.78 is 24.2. The Labute approximate surface area is 156 Å². The summed E-state index contributed by atoms with van der Waals surface area (Å²) in [5.74, 6) is -2.77. The largest absolute Gasteiger partial charge is 0.460 e. The summed E-state index contributed by atoms with van der Waals surface area (Å²) in [7, 11) is 0. The van der Waals surface area contributed by atoms with E-state index in [0.717, 1.165) is 11.5 Å². The number of fused-ring (bicyclic) bond motifs is 1. The molecule has 0 aliphatic carbocycles. The second-order valence-corrected chi connectivity index (χ2v) is 6.20. The number of halogens is 1. The predicted molar refractivity (Wildman–Crippen MR) is 94.9 cm³/mol. The highest BCUT2D eigenvalue weighted by Gasteiger charge is 2.21. The average molecular weight is 391 g/mol. The molecule has 3 aromatic rings. The maximum atomic E-state index is 13.5. The predicted octanol–water partition coefficient (Wildman–Crippen LogP) is 1.55. The van der Waals surface area contributed by atoms with E-state index in [1.54, 1.807) is 6.92 Å². The highest BCUT2D eigenvalue weighted by Crippen LogP contribution is 2.24. The minimum absolute atomic E-state index is 0.00172. The number of hydrogen-bond donors (Lipinski definition) is 2. The second-order valence-electron chi connectivity index (χ2n) is 5.39. The Morgan fingerprint density at radius 3 is 2.85 bits per heavy atom. The summed E-state index contributed by atoms with van der Waals surface area (Å²) in [4.78, 5) is 39.6. The molecule has 1 aromatic carbocycles. The number of nitrogens with one attached hydrogen (secondary N) is 1. The fourth-order valence-corrected chi connectivity index (χ4v) is 3.13. The molecular weight excluding hydrogens is 377 g/mol. The van der Waals surface area contributed by atoms with Crippen LogP contribution in [0.4, 0.5) is 10.2 Å². The number of aromatic nitrogens is 3. The van der Waals surface area contributed by atoms with Gasteiger partial charge in [0.15, 0.2) is 5.82 Å². The lowest BCUT2D eigenvalue weighted by Gasteiger charge is -2.03. The summed E-state index contributed by atoms with van der Waals surface area (Å²) in [6.07, 6.45) is 1.28. The van der Waals surface area contributed by atoms with Gasteiger partial charge in [-0.3, -0.25) is 9.59 Å². The van der Waals surface area contributed by atoms with Crippen LogP contribution in [0.3, 0.4) is 0 Å². The fourth-order valence-electron chi connectivity index (χ4n) is 2.37. The number of esters is 1. The van der Waals surface area contributed by atoms with E-state index in [1.807, 2.05) is 0 Å². The molecule has 2 amide bonds. The Hall–Kier alpha value is -3.34. The summed E-state index contributed by atoms with van der Waals surface area (Å²) in [6, 6.07) is 4.02. The number of nitrogens with zero attached hydrogens (tertiary/aromatic N) is 3.